The molecule has 3 heteroatoms. The molecule has 0 aromatic carbocycles. The van der Waals surface area contributed by atoms with Crippen molar-refractivity contribution >= 4 is 0 Å². The molecule has 0 amide bonds. The molecule has 0 bridgehead atoms. The summed E-state index contributed by atoms with van der Waals surface area (Å²) in [4.78, 5) is 0. The highest BCUT2D eigenvalue weighted by atomic mass is 16.7. The molecule has 104 valence electrons. The molecule has 0 aliphatic carbocycles. The van der Waals surface area contributed by atoms with Crippen molar-refractivity contribution in [3.05, 3.63) is 0 Å². The fraction of sp³-hybridized carbons (Fsp3) is 0.867. The molecule has 1 rings (SSSR count). The normalized spacial score (nSPS) is 23.1. The summed E-state index contributed by atoms with van der Waals surface area (Å²) in [6.45, 7) is 8.24. The summed E-state index contributed by atoms with van der Waals surface area (Å²) in [6, 6.07) is 0. The number of ether oxygens (including phenoxy) is 3. The van der Waals surface area contributed by atoms with Crippen molar-refractivity contribution in [3.8, 4) is 11.8 Å². The molecule has 1 aliphatic heterocycles. The molecule has 0 aromatic rings. The van der Waals surface area contributed by atoms with Gasteiger partial charge in [-0.15, -0.1) is 5.92 Å². The summed E-state index contributed by atoms with van der Waals surface area (Å²) >= 11 is 0. The van der Waals surface area contributed by atoms with Gasteiger partial charge in [0.2, 0.25) is 0 Å². The first-order valence-electron chi connectivity index (χ1n) is 7.16. The van der Waals surface area contributed by atoms with E-state index in [1.165, 1.54) is 6.42 Å². The third-order valence-corrected chi connectivity index (χ3v) is 3.05. The van der Waals surface area contributed by atoms with Gasteiger partial charge in [-0.3, -0.25) is 0 Å². The Morgan fingerprint density at radius 1 is 1.22 bits per heavy atom. The van der Waals surface area contributed by atoms with Crippen LogP contribution in [0.2, 0.25) is 0 Å². The van der Waals surface area contributed by atoms with Gasteiger partial charge in [-0.1, -0.05) is 19.3 Å². The first-order valence-corrected chi connectivity index (χ1v) is 7.16. The molecule has 1 saturated heterocycles. The van der Waals surface area contributed by atoms with E-state index in [1.54, 1.807) is 0 Å². The Morgan fingerprint density at radius 2 is 1.94 bits per heavy atom. The van der Waals surface area contributed by atoms with Crippen molar-refractivity contribution in [2.24, 2.45) is 5.92 Å². The maximum absolute atomic E-state index is 5.69. The van der Waals surface area contributed by atoms with E-state index in [0.717, 1.165) is 25.9 Å². The van der Waals surface area contributed by atoms with E-state index in [-0.39, 0.29) is 18.3 Å². The Balaban J connectivity index is 2.52. The van der Waals surface area contributed by atoms with Gasteiger partial charge in [0.25, 0.3) is 0 Å². The van der Waals surface area contributed by atoms with Crippen LogP contribution < -0.4 is 0 Å². The van der Waals surface area contributed by atoms with Crippen LogP contribution in [0.3, 0.4) is 0 Å². The molecular formula is C15H26O3. The maximum Gasteiger partial charge on any atom is 0.163 e. The van der Waals surface area contributed by atoms with Gasteiger partial charge < -0.3 is 14.2 Å². The number of hydrogen-bond acceptors (Lipinski definition) is 3. The summed E-state index contributed by atoms with van der Waals surface area (Å²) in [5.41, 5.74) is 0. The van der Waals surface area contributed by atoms with Crippen molar-refractivity contribution in [1.29, 1.82) is 0 Å². The molecule has 0 spiro atoms. The maximum atomic E-state index is 5.69. The summed E-state index contributed by atoms with van der Waals surface area (Å²) < 4.78 is 17.0. The zero-order valence-electron chi connectivity index (χ0n) is 11.9. The van der Waals surface area contributed by atoms with Crippen molar-refractivity contribution in [2.45, 2.75) is 58.8 Å². The van der Waals surface area contributed by atoms with Crippen LogP contribution in [-0.2, 0) is 14.2 Å². The third kappa shape index (κ3) is 4.97. The van der Waals surface area contributed by atoms with E-state index in [1.807, 2.05) is 13.8 Å². The highest BCUT2D eigenvalue weighted by Crippen LogP contribution is 2.26. The Morgan fingerprint density at radius 3 is 2.56 bits per heavy atom. The molecule has 2 unspecified atom stereocenters. The van der Waals surface area contributed by atoms with Crippen molar-refractivity contribution in [2.75, 3.05) is 19.8 Å². The van der Waals surface area contributed by atoms with E-state index >= 15 is 0 Å². The van der Waals surface area contributed by atoms with Crippen LogP contribution in [0, 0.1) is 17.8 Å². The molecule has 1 aliphatic rings. The molecule has 0 aromatic heterocycles. The van der Waals surface area contributed by atoms with Crippen LogP contribution in [0.5, 0.6) is 0 Å². The van der Waals surface area contributed by atoms with Crippen LogP contribution in [0.4, 0.5) is 0 Å². The van der Waals surface area contributed by atoms with Gasteiger partial charge in [0.1, 0.15) is 6.10 Å². The predicted molar refractivity (Wildman–Crippen MR) is 72.2 cm³/mol. The van der Waals surface area contributed by atoms with E-state index in [4.69, 9.17) is 14.2 Å². The summed E-state index contributed by atoms with van der Waals surface area (Å²) in [7, 11) is 0. The zero-order chi connectivity index (χ0) is 13.2. The second-order valence-electron chi connectivity index (χ2n) is 4.45. The van der Waals surface area contributed by atoms with Crippen LogP contribution in [0.25, 0.3) is 0 Å². The van der Waals surface area contributed by atoms with Crippen LogP contribution >= 0.6 is 0 Å². The van der Waals surface area contributed by atoms with Crippen molar-refractivity contribution < 1.29 is 14.2 Å². The lowest BCUT2D eigenvalue weighted by atomic mass is 10.0. The molecule has 0 saturated carbocycles. The first kappa shape index (κ1) is 15.5. The number of rotatable bonds is 7. The molecule has 2 atom stereocenters. The quantitative estimate of drug-likeness (QED) is 0.397. The van der Waals surface area contributed by atoms with Gasteiger partial charge in [-0.2, -0.15) is 0 Å². The van der Waals surface area contributed by atoms with E-state index in [0.29, 0.717) is 13.2 Å². The van der Waals surface area contributed by atoms with Crippen molar-refractivity contribution in [3.63, 3.8) is 0 Å². The highest BCUT2D eigenvalue weighted by molar-refractivity contribution is 5.09. The highest BCUT2D eigenvalue weighted by Gasteiger charge is 2.34. The molecule has 0 radical (unpaired) electrons. The lowest BCUT2D eigenvalue weighted by Crippen LogP contribution is -2.32. The van der Waals surface area contributed by atoms with Crippen molar-refractivity contribution in [1.82, 2.24) is 0 Å². The van der Waals surface area contributed by atoms with Gasteiger partial charge in [0, 0.05) is 32.2 Å². The van der Waals surface area contributed by atoms with E-state index in [2.05, 4.69) is 18.8 Å². The molecule has 1 heterocycles. The Labute approximate surface area is 111 Å². The minimum Gasteiger partial charge on any atom is -0.365 e. The summed E-state index contributed by atoms with van der Waals surface area (Å²) in [6.07, 6.45) is 4.07. The Hall–Kier alpha value is -0.560. The van der Waals surface area contributed by atoms with Crippen LogP contribution in [0.1, 0.15) is 46.5 Å². The van der Waals surface area contributed by atoms with Crippen LogP contribution in [-0.4, -0.2) is 32.2 Å². The lowest BCUT2D eigenvalue weighted by molar-refractivity contribution is -0.171. The van der Waals surface area contributed by atoms with E-state index < -0.39 is 0 Å². The summed E-state index contributed by atoms with van der Waals surface area (Å²) in [5, 5.41) is 0. The van der Waals surface area contributed by atoms with Gasteiger partial charge >= 0.3 is 0 Å². The average Bonchev–Trinajstić information content (AvgIpc) is 2.83. The fourth-order valence-electron chi connectivity index (χ4n) is 2.10. The SMILES string of the molecule is CCCCC#CC1OCCC1C(OCC)OCC. The fourth-order valence-corrected chi connectivity index (χ4v) is 2.10. The number of hydrogen-bond donors (Lipinski definition) is 0. The molecule has 3 nitrogen and oxygen atoms in total. The van der Waals surface area contributed by atoms with Gasteiger partial charge in [0.05, 0.1) is 0 Å². The Bertz CT molecular complexity index is 261. The average molecular weight is 254 g/mol. The van der Waals surface area contributed by atoms with Gasteiger partial charge in [-0.05, 0) is 26.7 Å². The topological polar surface area (TPSA) is 27.7 Å². The van der Waals surface area contributed by atoms with Gasteiger partial charge in [0.15, 0.2) is 6.29 Å². The monoisotopic (exact) mass is 254 g/mol. The second-order valence-corrected chi connectivity index (χ2v) is 4.45. The first-order chi connectivity index (χ1) is 8.83. The lowest BCUT2D eigenvalue weighted by Gasteiger charge is -2.24. The second kappa shape index (κ2) is 9.38. The van der Waals surface area contributed by atoms with E-state index in [9.17, 15) is 0 Å². The number of unbranched alkanes of at least 4 members (excludes halogenated alkanes) is 2. The minimum atomic E-state index is -0.173. The predicted octanol–water partition coefficient (Wildman–Crippen LogP) is 2.98. The molecule has 1 fully saturated rings. The van der Waals surface area contributed by atoms with Gasteiger partial charge in [-0.25, -0.2) is 0 Å². The zero-order valence-corrected chi connectivity index (χ0v) is 11.9. The summed E-state index contributed by atoms with van der Waals surface area (Å²) in [5.74, 6) is 6.69. The largest absolute Gasteiger partial charge is 0.365 e. The molecule has 18 heavy (non-hydrogen) atoms. The van der Waals surface area contributed by atoms with Crippen LogP contribution in [0.15, 0.2) is 0 Å². The molecular weight excluding hydrogens is 228 g/mol. The Kier molecular flexibility index (Phi) is 8.08. The standard InChI is InChI=1S/C15H26O3/c1-4-7-8-9-10-14-13(11-12-18-14)15(16-5-2)17-6-3/h13-15H,4-8,11-12H2,1-3H3. The molecule has 0 N–H and O–H groups in total. The third-order valence-electron chi connectivity index (χ3n) is 3.05. The smallest absolute Gasteiger partial charge is 0.163 e. The minimum absolute atomic E-state index is 0.0232.